The van der Waals surface area contributed by atoms with Gasteiger partial charge < -0.3 is 9.84 Å². The van der Waals surface area contributed by atoms with E-state index in [4.69, 9.17) is 9.84 Å². The molecule has 0 radical (unpaired) electrons. The zero-order chi connectivity index (χ0) is 15.9. The van der Waals surface area contributed by atoms with Crippen LogP contribution in [0.3, 0.4) is 0 Å². The van der Waals surface area contributed by atoms with Gasteiger partial charge in [0.05, 0.1) is 18.2 Å². The van der Waals surface area contributed by atoms with Crippen LogP contribution in [0, 0.1) is 0 Å². The molecule has 1 atom stereocenters. The van der Waals surface area contributed by atoms with Gasteiger partial charge in [-0.25, -0.2) is 4.98 Å². The van der Waals surface area contributed by atoms with E-state index >= 15 is 0 Å². The summed E-state index contributed by atoms with van der Waals surface area (Å²) < 4.78 is 5.92. The van der Waals surface area contributed by atoms with Crippen molar-refractivity contribution in [3.63, 3.8) is 0 Å². The van der Waals surface area contributed by atoms with Crippen molar-refractivity contribution in [2.75, 3.05) is 5.32 Å². The molecule has 2 rings (SSSR count). The first-order valence-corrected chi connectivity index (χ1v) is 8.59. The molecule has 1 amide bonds. The summed E-state index contributed by atoms with van der Waals surface area (Å²) in [6, 6.07) is 0. The van der Waals surface area contributed by atoms with Gasteiger partial charge in [0.2, 0.25) is 0 Å². The molecular formula is C15H22N2O4S. The van der Waals surface area contributed by atoms with Gasteiger partial charge in [0.25, 0.3) is 5.91 Å². The molecule has 0 aromatic carbocycles. The molecule has 22 heavy (non-hydrogen) atoms. The van der Waals surface area contributed by atoms with Crippen molar-refractivity contribution < 1.29 is 19.4 Å². The second kappa shape index (κ2) is 8.24. The fourth-order valence-corrected chi connectivity index (χ4v) is 3.28. The van der Waals surface area contributed by atoms with Crippen LogP contribution < -0.4 is 5.32 Å². The number of carbonyl (C=O) groups excluding carboxylic acids is 1. The molecule has 1 aliphatic rings. The summed E-state index contributed by atoms with van der Waals surface area (Å²) in [5.74, 6) is -1.14. The third-order valence-electron chi connectivity index (χ3n) is 3.69. The highest BCUT2D eigenvalue weighted by molar-refractivity contribution is 7.13. The van der Waals surface area contributed by atoms with E-state index in [1.54, 1.807) is 5.38 Å². The van der Waals surface area contributed by atoms with E-state index in [9.17, 15) is 9.59 Å². The van der Waals surface area contributed by atoms with Crippen LogP contribution in [-0.2, 0) is 20.7 Å². The Bertz CT molecular complexity index is 511. The lowest BCUT2D eigenvalue weighted by Crippen LogP contribution is -2.34. The molecular weight excluding hydrogens is 304 g/mol. The lowest BCUT2D eigenvalue weighted by atomic mass is 9.97. The Kier molecular flexibility index (Phi) is 6.33. The van der Waals surface area contributed by atoms with Gasteiger partial charge in [-0.2, -0.15) is 0 Å². The molecule has 7 heteroatoms. The van der Waals surface area contributed by atoms with Crippen LogP contribution in [0.15, 0.2) is 5.38 Å². The summed E-state index contributed by atoms with van der Waals surface area (Å²) in [5.41, 5.74) is 0.453. The monoisotopic (exact) mass is 326 g/mol. The third-order valence-corrected chi connectivity index (χ3v) is 4.49. The van der Waals surface area contributed by atoms with Crippen molar-refractivity contribution in [2.45, 2.75) is 64.1 Å². The molecule has 1 heterocycles. The Morgan fingerprint density at radius 2 is 2.18 bits per heavy atom. The molecule has 1 aromatic rings. The topological polar surface area (TPSA) is 88.5 Å². The predicted molar refractivity (Wildman–Crippen MR) is 84.1 cm³/mol. The largest absolute Gasteiger partial charge is 0.481 e. The zero-order valence-corrected chi connectivity index (χ0v) is 13.5. The SMILES string of the molecule is CCC(OC1CCCCC1)C(=O)Nc1nc(CC(=O)O)cs1. The average Bonchev–Trinajstić information content (AvgIpc) is 2.92. The number of aromatic nitrogens is 1. The Hall–Kier alpha value is -1.47. The van der Waals surface area contributed by atoms with Crippen molar-refractivity contribution in [1.82, 2.24) is 4.98 Å². The molecule has 1 saturated carbocycles. The van der Waals surface area contributed by atoms with Gasteiger partial charge >= 0.3 is 5.97 Å². The van der Waals surface area contributed by atoms with Crippen LogP contribution in [0.5, 0.6) is 0 Å². The van der Waals surface area contributed by atoms with Gasteiger partial charge in [0, 0.05) is 5.38 Å². The summed E-state index contributed by atoms with van der Waals surface area (Å²) in [6.07, 6.45) is 5.76. The fourth-order valence-electron chi connectivity index (χ4n) is 2.56. The molecule has 6 nitrogen and oxygen atoms in total. The van der Waals surface area contributed by atoms with Crippen LogP contribution in [0.4, 0.5) is 5.13 Å². The Morgan fingerprint density at radius 3 is 2.82 bits per heavy atom. The first kappa shape index (κ1) is 16.9. The fraction of sp³-hybridized carbons (Fsp3) is 0.667. The minimum absolute atomic E-state index is 0.137. The second-order valence-corrected chi connectivity index (χ2v) is 6.35. The highest BCUT2D eigenvalue weighted by Crippen LogP contribution is 2.23. The molecule has 1 unspecified atom stereocenters. The molecule has 2 N–H and O–H groups in total. The van der Waals surface area contributed by atoms with Gasteiger partial charge in [-0.3, -0.25) is 14.9 Å². The normalized spacial score (nSPS) is 17.1. The number of hydrogen-bond donors (Lipinski definition) is 2. The number of nitrogens with one attached hydrogen (secondary N) is 1. The number of ether oxygens (including phenoxy) is 1. The van der Waals surface area contributed by atoms with E-state index in [2.05, 4.69) is 10.3 Å². The number of thiazole rings is 1. The van der Waals surface area contributed by atoms with Crippen LogP contribution in [0.2, 0.25) is 0 Å². The Balaban J connectivity index is 1.88. The number of amides is 1. The van der Waals surface area contributed by atoms with Crippen LogP contribution in [0.1, 0.15) is 51.1 Å². The maximum absolute atomic E-state index is 12.3. The molecule has 1 fully saturated rings. The van der Waals surface area contributed by atoms with Gasteiger partial charge in [-0.15, -0.1) is 11.3 Å². The van der Waals surface area contributed by atoms with E-state index < -0.39 is 12.1 Å². The smallest absolute Gasteiger partial charge is 0.309 e. The van der Waals surface area contributed by atoms with Crippen molar-refractivity contribution in [3.8, 4) is 0 Å². The number of anilines is 1. The lowest BCUT2D eigenvalue weighted by Gasteiger charge is -2.26. The van der Waals surface area contributed by atoms with Crippen molar-refractivity contribution in [3.05, 3.63) is 11.1 Å². The van der Waals surface area contributed by atoms with Crippen LogP contribution >= 0.6 is 11.3 Å². The van der Waals surface area contributed by atoms with Gasteiger partial charge in [-0.1, -0.05) is 26.2 Å². The highest BCUT2D eigenvalue weighted by Gasteiger charge is 2.24. The summed E-state index contributed by atoms with van der Waals surface area (Å²) in [7, 11) is 0. The highest BCUT2D eigenvalue weighted by atomic mass is 32.1. The molecule has 0 saturated heterocycles. The number of rotatable bonds is 7. The summed E-state index contributed by atoms with van der Waals surface area (Å²) in [6.45, 7) is 1.92. The Morgan fingerprint density at radius 1 is 1.45 bits per heavy atom. The van der Waals surface area contributed by atoms with Gasteiger partial charge in [-0.05, 0) is 19.3 Å². The van der Waals surface area contributed by atoms with Crippen molar-refractivity contribution in [1.29, 1.82) is 0 Å². The Labute approximate surface area is 133 Å². The van der Waals surface area contributed by atoms with Crippen LogP contribution in [-0.4, -0.2) is 34.2 Å². The van der Waals surface area contributed by atoms with E-state index in [1.807, 2.05) is 6.92 Å². The molecule has 0 aliphatic heterocycles. The molecule has 0 spiro atoms. The standard InChI is InChI=1S/C15H22N2O4S/c1-2-12(21-11-6-4-3-5-7-11)14(20)17-15-16-10(9-22-15)8-13(18)19/h9,11-12H,2-8H2,1H3,(H,18,19)(H,16,17,20). The number of nitrogens with zero attached hydrogens (tertiary/aromatic N) is 1. The van der Waals surface area contributed by atoms with Crippen LogP contribution in [0.25, 0.3) is 0 Å². The minimum atomic E-state index is -0.935. The second-order valence-electron chi connectivity index (χ2n) is 5.50. The number of carboxylic acid groups (broad SMARTS) is 1. The van der Waals surface area contributed by atoms with Crippen molar-refractivity contribution in [2.24, 2.45) is 0 Å². The van der Waals surface area contributed by atoms with Gasteiger partial charge in [0.15, 0.2) is 5.13 Å². The zero-order valence-electron chi connectivity index (χ0n) is 12.7. The molecule has 0 bridgehead atoms. The molecule has 1 aliphatic carbocycles. The lowest BCUT2D eigenvalue weighted by molar-refractivity contribution is -0.136. The quantitative estimate of drug-likeness (QED) is 0.804. The first-order chi connectivity index (χ1) is 10.6. The first-order valence-electron chi connectivity index (χ1n) is 7.71. The van der Waals surface area contributed by atoms with Gasteiger partial charge in [0.1, 0.15) is 6.10 Å². The summed E-state index contributed by atoms with van der Waals surface area (Å²) in [4.78, 5) is 27.0. The number of carboxylic acids is 1. The maximum Gasteiger partial charge on any atom is 0.309 e. The number of carbonyl (C=O) groups is 2. The van der Waals surface area contributed by atoms with E-state index in [1.165, 1.54) is 17.8 Å². The molecule has 1 aromatic heterocycles. The maximum atomic E-state index is 12.3. The molecule has 122 valence electrons. The predicted octanol–water partition coefficient (Wildman–Crippen LogP) is 2.84. The summed E-state index contributed by atoms with van der Waals surface area (Å²) in [5, 5.41) is 13.5. The minimum Gasteiger partial charge on any atom is -0.481 e. The van der Waals surface area contributed by atoms with E-state index in [0.29, 0.717) is 17.2 Å². The number of aliphatic carboxylic acids is 1. The average molecular weight is 326 g/mol. The third kappa shape index (κ3) is 5.06. The summed E-state index contributed by atoms with van der Waals surface area (Å²) >= 11 is 1.23. The number of hydrogen-bond acceptors (Lipinski definition) is 5. The van der Waals surface area contributed by atoms with E-state index in [-0.39, 0.29) is 18.4 Å². The van der Waals surface area contributed by atoms with E-state index in [0.717, 1.165) is 25.7 Å². The van der Waals surface area contributed by atoms with Crippen molar-refractivity contribution >= 4 is 28.3 Å².